The van der Waals surface area contributed by atoms with Crippen molar-refractivity contribution < 1.29 is 19.2 Å². The minimum Gasteiger partial charge on any atom is -0.325 e. The highest BCUT2D eigenvalue weighted by atomic mass is 35.5. The van der Waals surface area contributed by atoms with Gasteiger partial charge in [0.2, 0.25) is 17.7 Å². The van der Waals surface area contributed by atoms with Crippen LogP contribution in [0.3, 0.4) is 0 Å². The van der Waals surface area contributed by atoms with E-state index in [9.17, 15) is 19.2 Å². The van der Waals surface area contributed by atoms with Crippen molar-refractivity contribution in [3.05, 3.63) is 29.3 Å². The molecule has 2 rings (SSSR count). The van der Waals surface area contributed by atoms with Crippen molar-refractivity contribution >= 4 is 41.0 Å². The van der Waals surface area contributed by atoms with Crippen LogP contribution in [0, 0.1) is 5.92 Å². The summed E-state index contributed by atoms with van der Waals surface area (Å²) in [6, 6.07) is 5.18. The molecule has 0 aromatic heterocycles. The number of amides is 5. The molecule has 19 heavy (non-hydrogen) atoms. The molecule has 3 N–H and O–H groups in total. The van der Waals surface area contributed by atoms with Crippen LogP contribution in [0.4, 0.5) is 10.5 Å². The van der Waals surface area contributed by atoms with E-state index in [1.807, 2.05) is 10.6 Å². The summed E-state index contributed by atoms with van der Waals surface area (Å²) in [5.41, 5.74) is 0.381. The highest BCUT2D eigenvalue weighted by Crippen LogP contribution is 2.15. The number of carbonyl (C=O) groups excluding carboxylic acids is 4. The van der Waals surface area contributed by atoms with Crippen molar-refractivity contribution in [1.82, 2.24) is 10.6 Å². The average Bonchev–Trinajstić information content (AvgIpc) is 2.30. The van der Waals surface area contributed by atoms with Gasteiger partial charge < -0.3 is 5.32 Å². The monoisotopic (exact) mass is 281 g/mol. The van der Waals surface area contributed by atoms with E-state index in [0.717, 1.165) is 0 Å². The minimum absolute atomic E-state index is 0.381. The van der Waals surface area contributed by atoms with Gasteiger partial charge in [-0.05, 0) is 24.3 Å². The van der Waals surface area contributed by atoms with Crippen LogP contribution in [0.5, 0.6) is 0 Å². The second-order valence-electron chi connectivity index (χ2n) is 3.74. The van der Waals surface area contributed by atoms with Crippen LogP contribution >= 0.6 is 11.6 Å². The van der Waals surface area contributed by atoms with Crippen molar-refractivity contribution in [1.29, 1.82) is 0 Å². The zero-order valence-corrected chi connectivity index (χ0v) is 10.2. The number of hydrogen-bond donors (Lipinski definition) is 3. The first-order valence-electron chi connectivity index (χ1n) is 5.19. The third-order valence-electron chi connectivity index (χ3n) is 2.37. The minimum atomic E-state index is -1.60. The number of urea groups is 1. The van der Waals surface area contributed by atoms with E-state index in [-0.39, 0.29) is 0 Å². The standard InChI is InChI=1S/C11H8ClN3O4/c12-5-1-3-6(4-2-5)13-8(16)7-9(17)14-11(19)15-10(7)18/h1-4,7H,(H,13,16)(H2,14,15,17,18,19). The highest BCUT2D eigenvalue weighted by Gasteiger charge is 2.39. The fourth-order valence-electron chi connectivity index (χ4n) is 1.50. The number of hydrogen-bond acceptors (Lipinski definition) is 4. The van der Waals surface area contributed by atoms with Crippen molar-refractivity contribution in [2.24, 2.45) is 5.92 Å². The number of benzene rings is 1. The second kappa shape index (κ2) is 5.07. The SMILES string of the molecule is O=C1NC(=O)C(C(=O)Nc2ccc(Cl)cc2)C(=O)N1. The van der Waals surface area contributed by atoms with Gasteiger partial charge in [-0.2, -0.15) is 0 Å². The van der Waals surface area contributed by atoms with Gasteiger partial charge in [-0.25, -0.2) is 4.79 Å². The molecular weight excluding hydrogens is 274 g/mol. The van der Waals surface area contributed by atoms with Gasteiger partial charge in [-0.1, -0.05) is 11.6 Å². The van der Waals surface area contributed by atoms with Gasteiger partial charge >= 0.3 is 6.03 Å². The van der Waals surface area contributed by atoms with E-state index in [1.165, 1.54) is 12.1 Å². The molecule has 1 aliphatic rings. The van der Waals surface area contributed by atoms with Gasteiger partial charge in [0.25, 0.3) is 0 Å². The van der Waals surface area contributed by atoms with Crippen LogP contribution in [0.15, 0.2) is 24.3 Å². The van der Waals surface area contributed by atoms with Gasteiger partial charge in [-0.3, -0.25) is 25.0 Å². The molecular formula is C11H8ClN3O4. The molecule has 98 valence electrons. The number of rotatable bonds is 2. The molecule has 0 radical (unpaired) electrons. The maximum atomic E-state index is 11.8. The Morgan fingerprint density at radius 1 is 1.05 bits per heavy atom. The maximum absolute atomic E-state index is 11.8. The molecule has 1 aliphatic heterocycles. The lowest BCUT2D eigenvalue weighted by Gasteiger charge is -2.19. The van der Waals surface area contributed by atoms with Gasteiger partial charge in [0.15, 0.2) is 5.92 Å². The number of halogens is 1. The van der Waals surface area contributed by atoms with Crippen LogP contribution < -0.4 is 16.0 Å². The zero-order chi connectivity index (χ0) is 14.0. The molecule has 0 spiro atoms. The normalized spacial score (nSPS) is 15.7. The molecule has 7 nitrogen and oxygen atoms in total. The first-order chi connectivity index (χ1) is 8.97. The molecule has 8 heteroatoms. The molecule has 0 atom stereocenters. The largest absolute Gasteiger partial charge is 0.328 e. The fourth-order valence-corrected chi connectivity index (χ4v) is 1.63. The van der Waals surface area contributed by atoms with Gasteiger partial charge in [0.05, 0.1) is 0 Å². The summed E-state index contributed by atoms with van der Waals surface area (Å²) in [7, 11) is 0. The summed E-state index contributed by atoms with van der Waals surface area (Å²) >= 11 is 5.68. The van der Waals surface area contributed by atoms with Crippen molar-refractivity contribution in [3.8, 4) is 0 Å². The third kappa shape index (κ3) is 2.89. The predicted octanol–water partition coefficient (Wildman–Crippen LogP) is 0.261. The Labute approximate surface area is 112 Å². The lowest BCUT2D eigenvalue weighted by Crippen LogP contribution is -2.58. The van der Waals surface area contributed by atoms with Gasteiger partial charge in [-0.15, -0.1) is 0 Å². The smallest absolute Gasteiger partial charge is 0.325 e. The van der Waals surface area contributed by atoms with E-state index in [0.29, 0.717) is 10.7 Å². The Morgan fingerprint density at radius 2 is 1.58 bits per heavy atom. The number of nitrogens with one attached hydrogen (secondary N) is 3. The topological polar surface area (TPSA) is 104 Å². The van der Waals surface area contributed by atoms with E-state index < -0.39 is 29.7 Å². The molecule has 1 fully saturated rings. The molecule has 1 saturated heterocycles. The highest BCUT2D eigenvalue weighted by molar-refractivity contribution is 6.31. The first-order valence-corrected chi connectivity index (χ1v) is 5.57. The quantitative estimate of drug-likeness (QED) is 0.676. The van der Waals surface area contributed by atoms with Crippen molar-refractivity contribution in [3.63, 3.8) is 0 Å². The molecule has 1 aromatic carbocycles. The summed E-state index contributed by atoms with van der Waals surface area (Å²) in [6.45, 7) is 0. The predicted molar refractivity (Wildman–Crippen MR) is 65.3 cm³/mol. The average molecular weight is 282 g/mol. The van der Waals surface area contributed by atoms with Crippen LogP contribution in [-0.4, -0.2) is 23.8 Å². The lowest BCUT2D eigenvalue weighted by atomic mass is 10.1. The molecule has 0 bridgehead atoms. The molecule has 1 heterocycles. The van der Waals surface area contributed by atoms with E-state index in [1.54, 1.807) is 12.1 Å². The number of anilines is 1. The summed E-state index contributed by atoms with van der Waals surface area (Å²) in [5, 5.41) is 6.55. The number of barbiturate groups is 1. The number of imide groups is 2. The molecule has 5 amide bonds. The Bertz CT molecular complexity index is 550. The maximum Gasteiger partial charge on any atom is 0.328 e. The Kier molecular flexibility index (Phi) is 3.48. The summed E-state index contributed by atoms with van der Waals surface area (Å²) in [5.74, 6) is -4.35. The summed E-state index contributed by atoms with van der Waals surface area (Å²) in [4.78, 5) is 45.5. The second-order valence-corrected chi connectivity index (χ2v) is 4.17. The van der Waals surface area contributed by atoms with Crippen LogP contribution in [0.1, 0.15) is 0 Å². The van der Waals surface area contributed by atoms with Crippen LogP contribution in [0.2, 0.25) is 5.02 Å². The van der Waals surface area contributed by atoms with Gasteiger partial charge in [0.1, 0.15) is 0 Å². The summed E-state index contributed by atoms with van der Waals surface area (Å²) in [6.07, 6.45) is 0. The first kappa shape index (κ1) is 13.0. The molecule has 0 saturated carbocycles. The van der Waals surface area contributed by atoms with Crippen molar-refractivity contribution in [2.45, 2.75) is 0 Å². The van der Waals surface area contributed by atoms with Crippen molar-refractivity contribution in [2.75, 3.05) is 5.32 Å². The molecule has 1 aromatic rings. The Morgan fingerprint density at radius 3 is 2.11 bits per heavy atom. The van der Waals surface area contributed by atoms with E-state index in [2.05, 4.69) is 5.32 Å². The zero-order valence-electron chi connectivity index (χ0n) is 9.40. The lowest BCUT2D eigenvalue weighted by molar-refractivity contribution is -0.141. The summed E-state index contributed by atoms with van der Waals surface area (Å²) < 4.78 is 0. The van der Waals surface area contributed by atoms with Crippen LogP contribution in [0.25, 0.3) is 0 Å². The van der Waals surface area contributed by atoms with E-state index >= 15 is 0 Å². The molecule has 0 unspecified atom stereocenters. The fraction of sp³-hybridized carbons (Fsp3) is 0.0909. The third-order valence-corrected chi connectivity index (χ3v) is 2.62. The Hall–Kier alpha value is -2.41. The Balaban J connectivity index is 2.11. The van der Waals surface area contributed by atoms with E-state index in [4.69, 9.17) is 11.6 Å². The van der Waals surface area contributed by atoms with Gasteiger partial charge in [0, 0.05) is 10.7 Å². The van der Waals surface area contributed by atoms with Crippen LogP contribution in [-0.2, 0) is 14.4 Å². The number of carbonyl (C=O) groups is 4. The molecule has 0 aliphatic carbocycles.